The van der Waals surface area contributed by atoms with Crippen LogP contribution in [0.15, 0.2) is 18.7 Å². The molecule has 0 atom stereocenters. The average Bonchev–Trinajstić information content (AvgIpc) is 1.86. The van der Waals surface area contributed by atoms with Gasteiger partial charge in [0.2, 0.25) is 0 Å². The third kappa shape index (κ3) is 2.19. The molecule has 0 fully saturated rings. The molecule has 0 unspecified atom stereocenters. The van der Waals surface area contributed by atoms with E-state index in [0.717, 1.165) is 0 Å². The monoisotopic (exact) mass is 207 g/mol. The Morgan fingerprint density at radius 2 is 2.29 bits per heavy atom. The summed E-state index contributed by atoms with van der Waals surface area (Å²) in [6, 6.07) is 0. The number of nitrogens with zero attached hydrogens (tertiary/aromatic N) is 2. The SMILES string of the molecule is Sn1ccnc1.[Ag]. The zero-order valence-corrected chi connectivity index (χ0v) is 5.75. The average molecular weight is 208 g/mol. The summed E-state index contributed by atoms with van der Waals surface area (Å²) in [5, 5.41) is 0. The zero-order valence-electron chi connectivity index (χ0n) is 3.38. The molecule has 2 nitrogen and oxygen atoms in total. The van der Waals surface area contributed by atoms with Crippen LogP contribution in [0.1, 0.15) is 0 Å². The van der Waals surface area contributed by atoms with E-state index in [4.69, 9.17) is 0 Å². The fourth-order valence-corrected chi connectivity index (χ4v) is 0.371. The largest absolute Gasteiger partial charge is 0.283 e. The van der Waals surface area contributed by atoms with Crippen molar-refractivity contribution in [3.63, 3.8) is 0 Å². The molecule has 0 saturated heterocycles. The summed E-state index contributed by atoms with van der Waals surface area (Å²) in [7, 11) is 0. The van der Waals surface area contributed by atoms with Crippen molar-refractivity contribution in [1.82, 2.24) is 8.96 Å². The summed E-state index contributed by atoms with van der Waals surface area (Å²) in [4.78, 5) is 3.71. The molecule has 0 spiro atoms. The topological polar surface area (TPSA) is 17.8 Å². The van der Waals surface area contributed by atoms with E-state index in [1.807, 2.05) is 0 Å². The van der Waals surface area contributed by atoms with Gasteiger partial charge in [-0.3, -0.25) is 3.97 Å². The minimum Gasteiger partial charge on any atom is -0.283 e. The van der Waals surface area contributed by atoms with Gasteiger partial charge in [-0.2, -0.15) is 0 Å². The van der Waals surface area contributed by atoms with Crippen LogP contribution in [0, 0.1) is 0 Å². The summed E-state index contributed by atoms with van der Waals surface area (Å²) in [5.74, 6) is 0. The Morgan fingerprint density at radius 3 is 2.43 bits per heavy atom. The van der Waals surface area contributed by atoms with Crippen LogP contribution in [-0.4, -0.2) is 8.96 Å². The van der Waals surface area contributed by atoms with Crippen molar-refractivity contribution >= 4 is 12.8 Å². The third-order valence-corrected chi connectivity index (χ3v) is 0.727. The molecule has 0 aliphatic heterocycles. The van der Waals surface area contributed by atoms with Gasteiger partial charge in [-0.25, -0.2) is 4.98 Å². The van der Waals surface area contributed by atoms with Crippen molar-refractivity contribution in [2.24, 2.45) is 0 Å². The number of aromatic nitrogens is 2. The molecule has 0 saturated carbocycles. The fourth-order valence-electron chi connectivity index (χ4n) is 0.252. The predicted octanol–water partition coefficient (Wildman–Crippen LogP) is 0.573. The van der Waals surface area contributed by atoms with Gasteiger partial charge in [0.25, 0.3) is 0 Å². The van der Waals surface area contributed by atoms with Gasteiger partial charge in [0.05, 0.1) is 0 Å². The van der Waals surface area contributed by atoms with E-state index >= 15 is 0 Å². The molecule has 7 heavy (non-hydrogen) atoms. The maximum absolute atomic E-state index is 3.89. The standard InChI is InChI=1S/C3H4N2S.Ag/c6-5-2-1-4-3-5;/h1-3,6H;. The van der Waals surface area contributed by atoms with Crippen molar-refractivity contribution in [1.29, 1.82) is 0 Å². The molecular weight excluding hydrogens is 204 g/mol. The van der Waals surface area contributed by atoms with Gasteiger partial charge in [0, 0.05) is 34.8 Å². The Morgan fingerprint density at radius 1 is 1.57 bits per heavy atom. The summed E-state index contributed by atoms with van der Waals surface area (Å²) < 4.78 is 1.58. The molecule has 1 aromatic heterocycles. The first-order valence-electron chi connectivity index (χ1n) is 1.57. The van der Waals surface area contributed by atoms with E-state index in [2.05, 4.69) is 17.8 Å². The van der Waals surface area contributed by atoms with Crippen LogP contribution in [0.3, 0.4) is 0 Å². The quantitative estimate of drug-likeness (QED) is 0.487. The normalized spacial score (nSPS) is 7.57. The van der Waals surface area contributed by atoms with Gasteiger partial charge in [0.1, 0.15) is 6.33 Å². The molecule has 1 heterocycles. The molecule has 0 aliphatic carbocycles. The Bertz CT molecular complexity index is 116. The van der Waals surface area contributed by atoms with Crippen LogP contribution in [0.25, 0.3) is 0 Å². The van der Waals surface area contributed by atoms with Gasteiger partial charge < -0.3 is 0 Å². The van der Waals surface area contributed by atoms with E-state index in [1.165, 1.54) is 0 Å². The summed E-state index contributed by atoms with van der Waals surface area (Å²) in [6.07, 6.45) is 5.04. The smallest absolute Gasteiger partial charge is 0.104 e. The van der Waals surface area contributed by atoms with Crippen molar-refractivity contribution in [2.45, 2.75) is 0 Å². The van der Waals surface area contributed by atoms with Gasteiger partial charge >= 0.3 is 0 Å². The molecule has 1 aromatic rings. The number of thiol groups is 1. The minimum atomic E-state index is 0. The van der Waals surface area contributed by atoms with Crippen LogP contribution < -0.4 is 0 Å². The molecule has 0 amide bonds. The maximum atomic E-state index is 3.89. The van der Waals surface area contributed by atoms with E-state index in [0.29, 0.717) is 0 Å². The van der Waals surface area contributed by atoms with Gasteiger partial charge in [-0.05, 0) is 0 Å². The second-order valence-electron chi connectivity index (χ2n) is 0.943. The summed E-state index contributed by atoms with van der Waals surface area (Å²) >= 11 is 3.89. The van der Waals surface area contributed by atoms with E-state index in [9.17, 15) is 0 Å². The van der Waals surface area contributed by atoms with Crippen molar-refractivity contribution in [3.8, 4) is 0 Å². The zero-order chi connectivity index (χ0) is 4.41. The van der Waals surface area contributed by atoms with Crippen LogP contribution in [0.2, 0.25) is 0 Å². The molecule has 1 radical (unpaired) electrons. The van der Waals surface area contributed by atoms with E-state index in [1.54, 1.807) is 22.7 Å². The second kappa shape index (κ2) is 3.32. The van der Waals surface area contributed by atoms with E-state index < -0.39 is 0 Å². The van der Waals surface area contributed by atoms with Crippen molar-refractivity contribution in [3.05, 3.63) is 18.7 Å². The first-order chi connectivity index (χ1) is 2.89. The first-order valence-corrected chi connectivity index (χ1v) is 1.97. The Kier molecular flexibility index (Phi) is 3.46. The van der Waals surface area contributed by atoms with E-state index in [-0.39, 0.29) is 22.4 Å². The Hall–Kier alpha value is 0.300. The molecule has 0 aromatic carbocycles. The van der Waals surface area contributed by atoms with Crippen LogP contribution >= 0.6 is 12.8 Å². The first kappa shape index (κ1) is 7.30. The number of imidazole rings is 1. The van der Waals surface area contributed by atoms with Gasteiger partial charge in [-0.1, -0.05) is 12.8 Å². The molecule has 1 rings (SSSR count). The minimum absolute atomic E-state index is 0. The molecule has 0 bridgehead atoms. The van der Waals surface area contributed by atoms with Crippen molar-refractivity contribution in [2.75, 3.05) is 0 Å². The van der Waals surface area contributed by atoms with Crippen molar-refractivity contribution < 1.29 is 22.4 Å². The Labute approximate surface area is 63.0 Å². The third-order valence-electron chi connectivity index (χ3n) is 0.490. The molecule has 0 aliphatic rings. The van der Waals surface area contributed by atoms with Crippen LogP contribution in [0.4, 0.5) is 0 Å². The second-order valence-corrected chi connectivity index (χ2v) is 1.40. The Balaban J connectivity index is 0.000000360. The maximum Gasteiger partial charge on any atom is 0.104 e. The number of hydrogen-bond donors (Lipinski definition) is 1. The fraction of sp³-hybridized carbons (Fsp3) is 0. The van der Waals surface area contributed by atoms with Gasteiger partial charge in [0.15, 0.2) is 0 Å². The van der Waals surface area contributed by atoms with Crippen LogP contribution in [-0.2, 0) is 22.4 Å². The van der Waals surface area contributed by atoms with Crippen LogP contribution in [0.5, 0.6) is 0 Å². The molecular formula is C3H4AgN2S. The summed E-state index contributed by atoms with van der Waals surface area (Å²) in [6.45, 7) is 0. The molecule has 0 N–H and O–H groups in total. The number of rotatable bonds is 0. The number of hydrogen-bond acceptors (Lipinski definition) is 2. The predicted molar refractivity (Wildman–Crippen MR) is 26.6 cm³/mol. The van der Waals surface area contributed by atoms with Gasteiger partial charge in [-0.15, -0.1) is 0 Å². The molecule has 4 heteroatoms. The summed E-state index contributed by atoms with van der Waals surface area (Å²) in [5.41, 5.74) is 0. The molecule has 43 valence electrons.